The van der Waals surface area contributed by atoms with E-state index < -0.39 is 17.1 Å². The number of nitrogens with zero attached hydrogens (tertiary/aromatic N) is 7. The van der Waals surface area contributed by atoms with Crippen molar-refractivity contribution in [3.63, 3.8) is 0 Å². The maximum atomic E-state index is 14.0. The highest BCUT2D eigenvalue weighted by atomic mass is 19.1. The van der Waals surface area contributed by atoms with Gasteiger partial charge in [-0.1, -0.05) is 16.4 Å². The Kier molecular flexibility index (Phi) is 6.62. The molecule has 4 aromatic rings. The minimum Gasteiger partial charge on any atom is -0.399 e. The molecule has 12 heteroatoms. The molecule has 0 radical (unpaired) electrons. The molecule has 11 nitrogen and oxygen atoms in total. The minimum atomic E-state index is -0.749. The number of aromatic nitrogens is 6. The van der Waals surface area contributed by atoms with Crippen molar-refractivity contribution in [3.05, 3.63) is 77.5 Å². The third-order valence-electron chi connectivity index (χ3n) is 5.55. The van der Waals surface area contributed by atoms with Crippen molar-refractivity contribution in [1.82, 2.24) is 35.4 Å². The minimum absolute atomic E-state index is 0.00506. The van der Waals surface area contributed by atoms with E-state index in [9.17, 15) is 9.18 Å². The summed E-state index contributed by atoms with van der Waals surface area (Å²) in [6, 6.07) is 6.91. The van der Waals surface area contributed by atoms with Crippen LogP contribution >= 0.6 is 0 Å². The van der Waals surface area contributed by atoms with Crippen LogP contribution in [0, 0.1) is 5.82 Å². The summed E-state index contributed by atoms with van der Waals surface area (Å²) in [5, 5.41) is 22.0. The van der Waals surface area contributed by atoms with Gasteiger partial charge in [-0.05, 0) is 26.0 Å². The van der Waals surface area contributed by atoms with Gasteiger partial charge < -0.3 is 14.7 Å². The highest BCUT2D eigenvalue weighted by Crippen LogP contribution is 2.30. The van der Waals surface area contributed by atoms with E-state index in [1.807, 2.05) is 38.4 Å². The van der Waals surface area contributed by atoms with E-state index >= 15 is 0 Å². The fraction of sp³-hybridized carbons (Fsp3) is 0.261. The lowest BCUT2D eigenvalue weighted by molar-refractivity contribution is 0.0938. The Morgan fingerprint density at radius 3 is 2.77 bits per heavy atom. The zero-order chi connectivity index (χ0) is 25.0. The third kappa shape index (κ3) is 4.90. The first-order valence-corrected chi connectivity index (χ1v) is 10.6. The number of rotatable bonds is 8. The molecule has 0 saturated carbocycles. The summed E-state index contributed by atoms with van der Waals surface area (Å²) in [7, 11) is 3.28. The summed E-state index contributed by atoms with van der Waals surface area (Å²) in [6.45, 7) is 3.91. The van der Waals surface area contributed by atoms with Crippen LogP contribution < -0.4 is 5.32 Å². The topological polar surface area (TPSA) is 133 Å². The summed E-state index contributed by atoms with van der Waals surface area (Å²) >= 11 is 0. The highest BCUT2D eigenvalue weighted by Gasteiger charge is 2.33. The number of amides is 1. The van der Waals surface area contributed by atoms with Crippen molar-refractivity contribution in [2.45, 2.75) is 19.3 Å². The Labute approximate surface area is 200 Å². The Morgan fingerprint density at radius 1 is 1.26 bits per heavy atom. The number of carbonyl (C=O) groups is 1. The number of hydrogen-bond acceptors (Lipinski definition) is 9. The fourth-order valence-corrected chi connectivity index (χ4v) is 3.52. The number of aryl methyl sites for hydroxylation is 1. The highest BCUT2D eigenvalue weighted by molar-refractivity contribution is 5.96. The van der Waals surface area contributed by atoms with Crippen molar-refractivity contribution in [1.29, 1.82) is 0 Å². The van der Waals surface area contributed by atoms with Gasteiger partial charge in [0, 0.05) is 31.4 Å². The van der Waals surface area contributed by atoms with Crippen LogP contribution in [-0.2, 0) is 17.3 Å². The monoisotopic (exact) mass is 478 g/mol. The first-order valence-electron chi connectivity index (χ1n) is 10.6. The molecule has 4 aromatic heterocycles. The van der Waals surface area contributed by atoms with Gasteiger partial charge in [0.1, 0.15) is 12.8 Å². The molecule has 4 rings (SSSR count). The fourth-order valence-electron chi connectivity index (χ4n) is 3.52. The summed E-state index contributed by atoms with van der Waals surface area (Å²) in [5.41, 5.74) is 2.09. The van der Waals surface area contributed by atoms with Crippen LogP contribution in [0.5, 0.6) is 0 Å². The SMILES string of the molecule is CO/N=C(\C)c1cccc(C(C)(CNC(=O)c2cc(-c3cnncc3F)on2)c2cnn(C)c2)n1. The van der Waals surface area contributed by atoms with Gasteiger partial charge in [-0.25, -0.2) is 4.39 Å². The summed E-state index contributed by atoms with van der Waals surface area (Å²) in [5.74, 6) is -1.06. The van der Waals surface area contributed by atoms with Crippen LogP contribution in [0.4, 0.5) is 4.39 Å². The molecular weight excluding hydrogens is 455 g/mol. The molecule has 4 heterocycles. The van der Waals surface area contributed by atoms with Gasteiger partial charge >= 0.3 is 0 Å². The maximum absolute atomic E-state index is 14.0. The van der Waals surface area contributed by atoms with Crippen LogP contribution in [0.2, 0.25) is 0 Å². The predicted octanol–water partition coefficient (Wildman–Crippen LogP) is 2.51. The number of carbonyl (C=O) groups excluding carboxylic acids is 1. The van der Waals surface area contributed by atoms with E-state index in [1.54, 1.807) is 17.8 Å². The van der Waals surface area contributed by atoms with E-state index in [0.29, 0.717) is 17.1 Å². The summed E-state index contributed by atoms with van der Waals surface area (Å²) < 4.78 is 20.8. The van der Waals surface area contributed by atoms with Crippen LogP contribution in [0.25, 0.3) is 11.3 Å². The van der Waals surface area contributed by atoms with Crippen molar-refractivity contribution in [3.8, 4) is 11.3 Å². The second-order valence-electron chi connectivity index (χ2n) is 8.01. The smallest absolute Gasteiger partial charge is 0.273 e. The molecule has 1 N–H and O–H groups in total. The van der Waals surface area contributed by atoms with Gasteiger partial charge in [0.2, 0.25) is 0 Å². The molecule has 0 aromatic carbocycles. The first kappa shape index (κ1) is 23.7. The second-order valence-corrected chi connectivity index (χ2v) is 8.01. The number of nitrogens with one attached hydrogen (secondary N) is 1. The standard InChI is InChI=1S/C23H23FN8O3/c1-14(30-34-4)18-6-5-7-21(29-18)23(2,15-9-28-32(3)12-15)13-25-22(33)19-8-20(35-31-19)16-10-26-27-11-17(16)24/h5-12H,13H2,1-4H3,(H,25,33)/b30-14+. The van der Waals surface area contributed by atoms with E-state index in [-0.39, 0.29) is 23.6 Å². The molecule has 0 bridgehead atoms. The van der Waals surface area contributed by atoms with Crippen molar-refractivity contribution in [2.24, 2.45) is 12.2 Å². The van der Waals surface area contributed by atoms with E-state index in [1.165, 1.54) is 19.4 Å². The maximum Gasteiger partial charge on any atom is 0.273 e. The lowest BCUT2D eigenvalue weighted by Crippen LogP contribution is -2.40. The van der Waals surface area contributed by atoms with Crippen molar-refractivity contribution >= 4 is 11.6 Å². The quantitative estimate of drug-likeness (QED) is 0.302. The molecule has 0 spiro atoms. The largest absolute Gasteiger partial charge is 0.399 e. The predicted molar refractivity (Wildman–Crippen MR) is 123 cm³/mol. The number of oxime groups is 1. The van der Waals surface area contributed by atoms with Crippen molar-refractivity contribution in [2.75, 3.05) is 13.7 Å². The molecule has 1 unspecified atom stereocenters. The van der Waals surface area contributed by atoms with Gasteiger partial charge in [-0.3, -0.25) is 14.5 Å². The average molecular weight is 478 g/mol. The normalized spacial score (nSPS) is 13.3. The molecular formula is C23H23FN8O3. The Morgan fingerprint density at radius 2 is 2.06 bits per heavy atom. The molecule has 1 atom stereocenters. The van der Waals surface area contributed by atoms with Crippen LogP contribution in [0.15, 0.2) is 58.7 Å². The van der Waals surface area contributed by atoms with Crippen LogP contribution in [0.1, 0.15) is 41.3 Å². The zero-order valence-corrected chi connectivity index (χ0v) is 19.6. The first-order chi connectivity index (χ1) is 16.8. The van der Waals surface area contributed by atoms with Crippen LogP contribution in [-0.4, -0.2) is 55.4 Å². The van der Waals surface area contributed by atoms with Gasteiger partial charge in [-0.2, -0.15) is 15.3 Å². The Hall–Kier alpha value is -4.48. The van der Waals surface area contributed by atoms with Gasteiger partial charge in [0.15, 0.2) is 17.3 Å². The number of hydrogen-bond donors (Lipinski definition) is 1. The number of halogens is 1. The molecule has 0 fully saturated rings. The van der Waals surface area contributed by atoms with Gasteiger partial charge in [-0.15, -0.1) is 0 Å². The zero-order valence-electron chi connectivity index (χ0n) is 19.6. The molecule has 35 heavy (non-hydrogen) atoms. The number of pyridine rings is 1. The molecule has 0 aliphatic rings. The lowest BCUT2D eigenvalue weighted by Gasteiger charge is -2.28. The molecule has 0 saturated heterocycles. The molecule has 0 aliphatic heterocycles. The molecule has 1 amide bonds. The Balaban J connectivity index is 1.61. The van der Waals surface area contributed by atoms with E-state index in [0.717, 1.165) is 11.8 Å². The van der Waals surface area contributed by atoms with Gasteiger partial charge in [0.25, 0.3) is 5.91 Å². The van der Waals surface area contributed by atoms with E-state index in [4.69, 9.17) is 14.3 Å². The third-order valence-corrected chi connectivity index (χ3v) is 5.55. The Bertz CT molecular complexity index is 1380. The van der Waals surface area contributed by atoms with Gasteiger partial charge in [0.05, 0.1) is 41.0 Å². The van der Waals surface area contributed by atoms with E-state index in [2.05, 4.69) is 30.9 Å². The summed E-state index contributed by atoms with van der Waals surface area (Å²) in [4.78, 5) is 22.6. The van der Waals surface area contributed by atoms with Crippen LogP contribution in [0.3, 0.4) is 0 Å². The van der Waals surface area contributed by atoms with Crippen molar-refractivity contribution < 1.29 is 18.5 Å². The second kappa shape index (κ2) is 9.79. The molecule has 0 aliphatic carbocycles. The lowest BCUT2D eigenvalue weighted by atomic mass is 9.80. The summed E-state index contributed by atoms with van der Waals surface area (Å²) in [6.07, 6.45) is 5.75. The molecule has 180 valence electrons. The average Bonchev–Trinajstić information content (AvgIpc) is 3.53.